The van der Waals surface area contributed by atoms with Crippen molar-refractivity contribution in [2.24, 2.45) is 0 Å². The van der Waals surface area contributed by atoms with Crippen LogP contribution >= 0.6 is 11.6 Å². The van der Waals surface area contributed by atoms with E-state index >= 15 is 0 Å². The highest BCUT2D eigenvalue weighted by atomic mass is 35.5. The van der Waals surface area contributed by atoms with E-state index in [0.717, 1.165) is 0 Å². The lowest BCUT2D eigenvalue weighted by molar-refractivity contribution is -0.133. The molecule has 0 aromatic heterocycles. The minimum atomic E-state index is -0.465. The van der Waals surface area contributed by atoms with Crippen LogP contribution in [0.2, 0.25) is 5.02 Å². The highest BCUT2D eigenvalue weighted by Crippen LogP contribution is 2.13. The van der Waals surface area contributed by atoms with Gasteiger partial charge in [-0.15, -0.1) is 0 Å². The van der Waals surface area contributed by atoms with E-state index < -0.39 is 6.29 Å². The smallest absolute Gasteiger partial charge is 0.167 e. The van der Waals surface area contributed by atoms with Gasteiger partial charge in [0.15, 0.2) is 12.1 Å². The van der Waals surface area contributed by atoms with E-state index in [-0.39, 0.29) is 12.2 Å². The van der Waals surface area contributed by atoms with Crippen molar-refractivity contribution in [1.82, 2.24) is 0 Å². The van der Waals surface area contributed by atoms with Crippen LogP contribution in [0.3, 0.4) is 0 Å². The molecule has 0 saturated heterocycles. The van der Waals surface area contributed by atoms with E-state index in [1.165, 1.54) is 0 Å². The van der Waals surface area contributed by atoms with Crippen molar-refractivity contribution in [3.8, 4) is 0 Å². The Morgan fingerprint density at radius 2 is 1.71 bits per heavy atom. The zero-order valence-corrected chi connectivity index (χ0v) is 10.9. The third kappa shape index (κ3) is 4.86. The summed E-state index contributed by atoms with van der Waals surface area (Å²) in [4.78, 5) is 11.9. The molecular weight excluding hydrogens is 240 g/mol. The van der Waals surface area contributed by atoms with Crippen molar-refractivity contribution in [3.63, 3.8) is 0 Å². The topological polar surface area (TPSA) is 35.5 Å². The number of rotatable bonds is 7. The molecule has 0 atom stereocenters. The van der Waals surface area contributed by atoms with Crippen LogP contribution in [0.15, 0.2) is 24.3 Å². The second kappa shape index (κ2) is 7.43. The third-order valence-corrected chi connectivity index (χ3v) is 2.48. The maximum Gasteiger partial charge on any atom is 0.167 e. The third-order valence-electron chi connectivity index (χ3n) is 2.22. The van der Waals surface area contributed by atoms with Crippen LogP contribution in [-0.4, -0.2) is 25.3 Å². The van der Waals surface area contributed by atoms with Crippen LogP contribution in [0.5, 0.6) is 0 Å². The number of halogens is 1. The minimum absolute atomic E-state index is 0.00596. The lowest BCUT2D eigenvalue weighted by Gasteiger charge is -2.15. The molecule has 0 bridgehead atoms. The van der Waals surface area contributed by atoms with Crippen LogP contribution in [0.4, 0.5) is 0 Å². The van der Waals surface area contributed by atoms with E-state index in [9.17, 15) is 4.79 Å². The maximum atomic E-state index is 11.9. The fourth-order valence-corrected chi connectivity index (χ4v) is 1.57. The molecule has 0 N–H and O–H groups in total. The largest absolute Gasteiger partial charge is 0.352 e. The first-order valence-corrected chi connectivity index (χ1v) is 6.07. The second-order valence-corrected chi connectivity index (χ2v) is 3.91. The second-order valence-electron chi connectivity index (χ2n) is 3.47. The van der Waals surface area contributed by atoms with Gasteiger partial charge in [-0.25, -0.2) is 0 Å². The molecule has 0 aliphatic carbocycles. The number of carbonyl (C=O) groups is 1. The lowest BCUT2D eigenvalue weighted by Crippen LogP contribution is -2.21. The Bertz CT molecular complexity index is 342. The molecule has 0 heterocycles. The summed E-state index contributed by atoms with van der Waals surface area (Å²) in [5, 5.41) is 0.618. The zero-order valence-electron chi connectivity index (χ0n) is 10.1. The number of hydrogen-bond donors (Lipinski definition) is 0. The van der Waals surface area contributed by atoms with Gasteiger partial charge in [0, 0.05) is 23.8 Å². The van der Waals surface area contributed by atoms with Crippen LogP contribution in [0, 0.1) is 0 Å². The Labute approximate surface area is 107 Å². The summed E-state index contributed by atoms with van der Waals surface area (Å²) in [5.74, 6) is -0.00596. The van der Waals surface area contributed by atoms with Gasteiger partial charge in [-0.3, -0.25) is 4.79 Å². The maximum absolute atomic E-state index is 11.9. The average Bonchev–Trinajstić information content (AvgIpc) is 2.30. The molecule has 17 heavy (non-hydrogen) atoms. The van der Waals surface area contributed by atoms with Gasteiger partial charge >= 0.3 is 0 Å². The highest BCUT2D eigenvalue weighted by molar-refractivity contribution is 6.30. The zero-order chi connectivity index (χ0) is 12.7. The Morgan fingerprint density at radius 1 is 1.18 bits per heavy atom. The summed E-state index contributed by atoms with van der Waals surface area (Å²) in [6.45, 7) is 4.80. The average molecular weight is 257 g/mol. The number of carbonyl (C=O) groups excluding carboxylic acids is 1. The SMILES string of the molecule is CCOC(CC(=O)c1ccc(Cl)cc1)OCC. The first kappa shape index (κ1) is 14.2. The first-order chi connectivity index (χ1) is 8.17. The van der Waals surface area contributed by atoms with Crippen molar-refractivity contribution >= 4 is 17.4 Å². The molecule has 1 aromatic carbocycles. The van der Waals surface area contributed by atoms with Gasteiger partial charge in [0.1, 0.15) is 0 Å². The predicted molar refractivity (Wildman–Crippen MR) is 67.4 cm³/mol. The van der Waals surface area contributed by atoms with Gasteiger partial charge in [0.25, 0.3) is 0 Å². The number of Topliss-reactive ketones (excluding diaryl/α,β-unsaturated/α-hetero) is 1. The number of hydrogen-bond acceptors (Lipinski definition) is 3. The molecule has 0 fully saturated rings. The normalized spacial score (nSPS) is 10.8. The van der Waals surface area contributed by atoms with Crippen LogP contribution in [-0.2, 0) is 9.47 Å². The molecule has 0 radical (unpaired) electrons. The molecule has 0 spiro atoms. The first-order valence-electron chi connectivity index (χ1n) is 5.69. The number of benzene rings is 1. The molecule has 0 saturated carbocycles. The summed E-state index contributed by atoms with van der Waals surface area (Å²) in [7, 11) is 0. The molecule has 0 unspecified atom stereocenters. The van der Waals surface area contributed by atoms with Gasteiger partial charge in [-0.1, -0.05) is 11.6 Å². The number of ketones is 1. The Hall–Kier alpha value is -0.900. The summed E-state index contributed by atoms with van der Waals surface area (Å²) in [6, 6.07) is 6.82. The molecular formula is C13H17ClO3. The Morgan fingerprint density at radius 3 is 2.18 bits per heavy atom. The highest BCUT2D eigenvalue weighted by Gasteiger charge is 2.15. The van der Waals surface area contributed by atoms with E-state index in [1.807, 2.05) is 13.8 Å². The van der Waals surface area contributed by atoms with E-state index in [4.69, 9.17) is 21.1 Å². The fraction of sp³-hybridized carbons (Fsp3) is 0.462. The van der Waals surface area contributed by atoms with Gasteiger partial charge in [0.05, 0.1) is 6.42 Å². The Balaban J connectivity index is 2.60. The van der Waals surface area contributed by atoms with Crippen molar-refractivity contribution in [2.75, 3.05) is 13.2 Å². The summed E-state index contributed by atoms with van der Waals surface area (Å²) >= 11 is 5.76. The van der Waals surface area contributed by atoms with Crippen LogP contribution in [0.25, 0.3) is 0 Å². The predicted octanol–water partition coefficient (Wildman–Crippen LogP) is 3.31. The quantitative estimate of drug-likeness (QED) is 0.555. The molecule has 0 aliphatic rings. The van der Waals surface area contributed by atoms with Crippen molar-refractivity contribution in [1.29, 1.82) is 0 Å². The summed E-state index contributed by atoms with van der Waals surface area (Å²) in [6.07, 6.45) is -0.239. The van der Waals surface area contributed by atoms with E-state index in [2.05, 4.69) is 0 Å². The molecule has 1 aromatic rings. The van der Waals surface area contributed by atoms with Crippen molar-refractivity contribution in [2.45, 2.75) is 26.6 Å². The van der Waals surface area contributed by atoms with Crippen molar-refractivity contribution in [3.05, 3.63) is 34.9 Å². The van der Waals surface area contributed by atoms with Crippen molar-refractivity contribution < 1.29 is 14.3 Å². The molecule has 94 valence electrons. The summed E-state index contributed by atoms with van der Waals surface area (Å²) < 4.78 is 10.7. The monoisotopic (exact) mass is 256 g/mol. The van der Waals surface area contributed by atoms with Gasteiger partial charge in [0.2, 0.25) is 0 Å². The molecule has 0 aliphatic heterocycles. The van der Waals surface area contributed by atoms with E-state index in [1.54, 1.807) is 24.3 Å². The minimum Gasteiger partial charge on any atom is -0.352 e. The molecule has 0 amide bonds. The molecule has 4 heteroatoms. The van der Waals surface area contributed by atoms with Gasteiger partial charge < -0.3 is 9.47 Å². The van der Waals surface area contributed by atoms with Crippen LogP contribution < -0.4 is 0 Å². The standard InChI is InChI=1S/C13H17ClO3/c1-3-16-13(17-4-2)9-12(15)10-5-7-11(14)8-6-10/h5-8,13H,3-4,9H2,1-2H3. The number of ether oxygens (including phenoxy) is 2. The van der Waals surface area contributed by atoms with Crippen LogP contribution in [0.1, 0.15) is 30.6 Å². The fourth-order valence-electron chi connectivity index (χ4n) is 1.44. The Kier molecular flexibility index (Phi) is 6.19. The van der Waals surface area contributed by atoms with Gasteiger partial charge in [-0.2, -0.15) is 0 Å². The van der Waals surface area contributed by atoms with E-state index in [0.29, 0.717) is 23.8 Å². The lowest BCUT2D eigenvalue weighted by atomic mass is 10.1. The summed E-state index contributed by atoms with van der Waals surface area (Å²) in [5.41, 5.74) is 0.624. The molecule has 1 rings (SSSR count). The molecule has 3 nitrogen and oxygen atoms in total. The van der Waals surface area contributed by atoms with Gasteiger partial charge in [-0.05, 0) is 38.1 Å².